The van der Waals surface area contributed by atoms with Gasteiger partial charge >= 0.3 is 0 Å². The van der Waals surface area contributed by atoms with Crippen LogP contribution in [0.3, 0.4) is 0 Å². The fourth-order valence-electron chi connectivity index (χ4n) is 1.80. The molecular weight excluding hydrogens is 308 g/mol. The van der Waals surface area contributed by atoms with E-state index in [0.29, 0.717) is 0 Å². The number of halogens is 4. The van der Waals surface area contributed by atoms with Crippen molar-refractivity contribution >= 4 is 0 Å². The predicted octanol–water partition coefficient (Wildman–Crippen LogP) is 2.96. The van der Waals surface area contributed by atoms with Crippen molar-refractivity contribution in [3.63, 3.8) is 0 Å². The minimum absolute atomic E-state index is 0.00582. The summed E-state index contributed by atoms with van der Waals surface area (Å²) in [6.45, 7) is 2.74. The third-order valence-corrected chi connectivity index (χ3v) is 2.74. The van der Waals surface area contributed by atoms with Crippen LogP contribution in [0.15, 0.2) is 8.83 Å². The lowest BCUT2D eigenvalue weighted by Gasteiger charge is -2.07. The molecule has 0 N–H and O–H groups in total. The molecule has 2 aromatic heterocycles. The van der Waals surface area contributed by atoms with Crippen molar-refractivity contribution in [3.8, 4) is 22.9 Å². The highest BCUT2D eigenvalue weighted by Gasteiger charge is 2.32. The van der Waals surface area contributed by atoms with Crippen LogP contribution in [0.25, 0.3) is 22.9 Å². The molecule has 0 bridgehead atoms. The van der Waals surface area contributed by atoms with Gasteiger partial charge in [-0.25, -0.2) is 17.6 Å². The molecule has 0 aliphatic rings. The first-order valence-electron chi connectivity index (χ1n) is 5.87. The zero-order valence-corrected chi connectivity index (χ0v) is 11.1. The van der Waals surface area contributed by atoms with Crippen molar-refractivity contribution in [2.45, 2.75) is 13.8 Å². The van der Waals surface area contributed by atoms with Crippen molar-refractivity contribution < 1.29 is 26.4 Å². The number of aromatic nitrogens is 4. The highest BCUT2D eigenvalue weighted by molar-refractivity contribution is 5.67. The third kappa shape index (κ3) is 2.03. The van der Waals surface area contributed by atoms with E-state index in [2.05, 4.69) is 20.4 Å². The number of aryl methyl sites for hydroxylation is 2. The van der Waals surface area contributed by atoms with Crippen LogP contribution in [0.2, 0.25) is 0 Å². The lowest BCUT2D eigenvalue weighted by atomic mass is 10.1. The molecule has 0 unspecified atom stereocenters. The maximum atomic E-state index is 14.5. The van der Waals surface area contributed by atoms with Gasteiger partial charge in [-0.2, -0.15) is 0 Å². The smallest absolute Gasteiger partial charge is 0.253 e. The van der Waals surface area contributed by atoms with Crippen molar-refractivity contribution in [1.29, 1.82) is 0 Å². The van der Waals surface area contributed by atoms with E-state index in [1.165, 1.54) is 13.8 Å². The Morgan fingerprint density at radius 3 is 1.32 bits per heavy atom. The summed E-state index contributed by atoms with van der Waals surface area (Å²) in [5.41, 5.74) is -2.02. The molecule has 0 radical (unpaired) electrons. The van der Waals surface area contributed by atoms with E-state index >= 15 is 0 Å². The van der Waals surface area contributed by atoms with Crippen molar-refractivity contribution in [2.75, 3.05) is 0 Å². The Bertz CT molecular complexity index is 807. The molecule has 10 heteroatoms. The zero-order valence-electron chi connectivity index (χ0n) is 11.1. The lowest BCUT2D eigenvalue weighted by molar-refractivity contribution is 0.429. The fraction of sp³-hybridized carbons (Fsp3) is 0.167. The second-order valence-electron chi connectivity index (χ2n) is 4.26. The molecule has 0 fully saturated rings. The average Bonchev–Trinajstić information content (AvgIpc) is 3.06. The lowest BCUT2D eigenvalue weighted by Crippen LogP contribution is -2.04. The van der Waals surface area contributed by atoms with Crippen LogP contribution >= 0.6 is 0 Å². The van der Waals surface area contributed by atoms with Crippen LogP contribution in [0.4, 0.5) is 17.6 Å². The first-order valence-corrected chi connectivity index (χ1v) is 5.87. The van der Waals surface area contributed by atoms with Crippen LogP contribution in [-0.4, -0.2) is 20.4 Å². The number of rotatable bonds is 2. The molecule has 114 valence electrons. The van der Waals surface area contributed by atoms with Crippen molar-refractivity contribution in [3.05, 3.63) is 35.1 Å². The molecule has 3 rings (SSSR count). The van der Waals surface area contributed by atoms with Gasteiger partial charge in [-0.1, -0.05) is 0 Å². The summed E-state index contributed by atoms with van der Waals surface area (Å²) in [5.74, 6) is -8.27. The SMILES string of the molecule is Cc1nnc(-c2c(F)c(F)c(F)c(-c3nnc(C)o3)c2F)o1. The Hall–Kier alpha value is -2.78. The van der Waals surface area contributed by atoms with E-state index in [4.69, 9.17) is 8.83 Å². The molecule has 0 amide bonds. The van der Waals surface area contributed by atoms with Gasteiger partial charge in [0.25, 0.3) is 11.8 Å². The summed E-state index contributed by atoms with van der Waals surface area (Å²) >= 11 is 0. The molecule has 2 heterocycles. The van der Waals surface area contributed by atoms with E-state index in [0.717, 1.165) is 0 Å². The number of nitrogens with zero attached hydrogens (tertiary/aromatic N) is 4. The van der Waals surface area contributed by atoms with Gasteiger partial charge in [0.05, 0.1) is 0 Å². The average molecular weight is 314 g/mol. The van der Waals surface area contributed by atoms with Gasteiger partial charge in [0.2, 0.25) is 11.8 Å². The number of hydrogen-bond donors (Lipinski definition) is 0. The summed E-state index contributed by atoms with van der Waals surface area (Å²) in [6, 6.07) is 0. The van der Waals surface area contributed by atoms with E-state index in [9.17, 15) is 17.6 Å². The Kier molecular flexibility index (Phi) is 3.15. The van der Waals surface area contributed by atoms with Gasteiger partial charge in [-0.05, 0) is 0 Å². The van der Waals surface area contributed by atoms with Crippen LogP contribution in [0, 0.1) is 37.1 Å². The van der Waals surface area contributed by atoms with Gasteiger partial charge in [-0.15, -0.1) is 20.4 Å². The fourth-order valence-corrected chi connectivity index (χ4v) is 1.80. The second kappa shape index (κ2) is 4.90. The molecule has 22 heavy (non-hydrogen) atoms. The molecule has 0 saturated carbocycles. The maximum Gasteiger partial charge on any atom is 0.253 e. The highest BCUT2D eigenvalue weighted by atomic mass is 19.2. The van der Waals surface area contributed by atoms with Gasteiger partial charge in [0, 0.05) is 13.8 Å². The molecular formula is C12H6F4N4O2. The summed E-state index contributed by atoms with van der Waals surface area (Å²) in [7, 11) is 0. The van der Waals surface area contributed by atoms with Crippen molar-refractivity contribution in [2.24, 2.45) is 0 Å². The number of benzene rings is 1. The van der Waals surface area contributed by atoms with Crippen LogP contribution < -0.4 is 0 Å². The van der Waals surface area contributed by atoms with E-state index < -0.39 is 46.2 Å². The van der Waals surface area contributed by atoms with Gasteiger partial charge in [-0.3, -0.25) is 0 Å². The number of hydrogen-bond acceptors (Lipinski definition) is 6. The van der Waals surface area contributed by atoms with E-state index in [-0.39, 0.29) is 11.8 Å². The van der Waals surface area contributed by atoms with Crippen LogP contribution in [0.5, 0.6) is 0 Å². The predicted molar refractivity (Wildman–Crippen MR) is 62.3 cm³/mol. The Labute approximate surface area is 119 Å². The standard InChI is InChI=1S/C12H6F4N4O2/c1-3-17-19-11(21-3)5-7(13)6(9(15)10(16)8(5)14)12-20-18-4(2)22-12/h1-2H3. The highest BCUT2D eigenvalue weighted by Crippen LogP contribution is 2.36. The third-order valence-electron chi connectivity index (χ3n) is 2.74. The van der Waals surface area contributed by atoms with Gasteiger partial charge in [0.1, 0.15) is 11.1 Å². The summed E-state index contributed by atoms with van der Waals surface area (Å²) < 4.78 is 65.7. The second-order valence-corrected chi connectivity index (χ2v) is 4.26. The van der Waals surface area contributed by atoms with Gasteiger partial charge in [0.15, 0.2) is 23.3 Å². The summed E-state index contributed by atoms with van der Waals surface area (Å²) in [4.78, 5) is 0. The molecule has 0 spiro atoms. The first kappa shape index (κ1) is 14.2. The zero-order chi connectivity index (χ0) is 16.0. The topological polar surface area (TPSA) is 77.8 Å². The summed E-state index contributed by atoms with van der Waals surface area (Å²) in [5, 5.41) is 13.6. The molecule has 0 aliphatic heterocycles. The minimum Gasteiger partial charge on any atom is -0.421 e. The minimum atomic E-state index is -1.92. The maximum absolute atomic E-state index is 14.5. The molecule has 1 aromatic carbocycles. The quantitative estimate of drug-likeness (QED) is 0.411. The molecule has 0 atom stereocenters. The Morgan fingerprint density at radius 2 is 1.00 bits per heavy atom. The molecule has 0 saturated heterocycles. The summed E-state index contributed by atoms with van der Waals surface area (Å²) in [6.07, 6.45) is 0. The monoisotopic (exact) mass is 314 g/mol. The van der Waals surface area contributed by atoms with E-state index in [1.54, 1.807) is 0 Å². The molecule has 3 aromatic rings. The normalized spacial score (nSPS) is 11.2. The Balaban J connectivity index is 2.34. The largest absolute Gasteiger partial charge is 0.421 e. The first-order chi connectivity index (χ1) is 10.4. The van der Waals surface area contributed by atoms with Gasteiger partial charge < -0.3 is 8.83 Å². The molecule has 6 nitrogen and oxygen atoms in total. The van der Waals surface area contributed by atoms with E-state index in [1.807, 2.05) is 0 Å². The Morgan fingerprint density at radius 1 is 0.591 bits per heavy atom. The van der Waals surface area contributed by atoms with Crippen LogP contribution in [-0.2, 0) is 0 Å². The van der Waals surface area contributed by atoms with Crippen molar-refractivity contribution in [1.82, 2.24) is 20.4 Å². The molecule has 0 aliphatic carbocycles. The van der Waals surface area contributed by atoms with Crippen LogP contribution in [0.1, 0.15) is 11.8 Å².